The van der Waals surface area contributed by atoms with E-state index in [2.05, 4.69) is 10.2 Å². The van der Waals surface area contributed by atoms with E-state index in [9.17, 15) is 0 Å². The summed E-state index contributed by atoms with van der Waals surface area (Å²) in [6, 6.07) is 0. The molecule has 0 aromatic rings. The summed E-state index contributed by atoms with van der Waals surface area (Å²) in [6.07, 6.45) is 8.68. The molecule has 0 radical (unpaired) electrons. The van der Waals surface area contributed by atoms with Crippen molar-refractivity contribution in [3.8, 4) is 0 Å². The lowest BCUT2D eigenvalue weighted by Gasteiger charge is -2.16. The van der Waals surface area contributed by atoms with Crippen LogP contribution in [0.1, 0.15) is 38.5 Å². The third-order valence-corrected chi connectivity index (χ3v) is 4.20. The van der Waals surface area contributed by atoms with Crippen molar-refractivity contribution in [2.45, 2.75) is 38.5 Å². The van der Waals surface area contributed by atoms with Crippen LogP contribution in [0.5, 0.6) is 0 Å². The van der Waals surface area contributed by atoms with Crippen molar-refractivity contribution in [2.75, 3.05) is 33.2 Å². The summed E-state index contributed by atoms with van der Waals surface area (Å²) in [5.74, 6) is 2.14. The molecule has 1 N–H and O–H groups in total. The molecule has 15 heavy (non-hydrogen) atoms. The average Bonchev–Trinajstić information content (AvgIpc) is 2.77. The van der Waals surface area contributed by atoms with Gasteiger partial charge in [-0.3, -0.25) is 0 Å². The Morgan fingerprint density at radius 2 is 1.80 bits per heavy atom. The highest BCUT2D eigenvalue weighted by atomic mass is 15.2. The van der Waals surface area contributed by atoms with Crippen LogP contribution in [0.4, 0.5) is 0 Å². The highest BCUT2D eigenvalue weighted by Gasteiger charge is 2.35. The smallest absolute Gasteiger partial charge is 0.00129 e. The Hall–Kier alpha value is -0.0800. The van der Waals surface area contributed by atoms with Gasteiger partial charge in [0.05, 0.1) is 0 Å². The molecule has 88 valence electrons. The zero-order chi connectivity index (χ0) is 10.5. The second kappa shape index (κ2) is 5.86. The van der Waals surface area contributed by atoms with Gasteiger partial charge in [0.1, 0.15) is 0 Å². The van der Waals surface area contributed by atoms with E-state index in [1.807, 2.05) is 7.05 Å². The van der Waals surface area contributed by atoms with Crippen molar-refractivity contribution in [3.05, 3.63) is 0 Å². The first-order valence-electron chi connectivity index (χ1n) is 6.77. The molecule has 0 amide bonds. The molecule has 2 heteroatoms. The Bertz CT molecular complexity index is 169. The number of fused-ring (bicyclic) bond motifs is 1. The number of rotatable bonds is 6. The van der Waals surface area contributed by atoms with E-state index in [4.69, 9.17) is 0 Å². The first-order valence-corrected chi connectivity index (χ1v) is 6.77. The SMILES string of the molecule is CNCCCCCN1CC2CCCC2C1. The largest absolute Gasteiger partial charge is 0.320 e. The Labute approximate surface area is 94.4 Å². The zero-order valence-electron chi connectivity index (χ0n) is 10.2. The van der Waals surface area contributed by atoms with E-state index in [1.54, 1.807) is 0 Å². The molecule has 2 fully saturated rings. The zero-order valence-corrected chi connectivity index (χ0v) is 10.2. The molecule has 1 heterocycles. The molecule has 2 atom stereocenters. The van der Waals surface area contributed by atoms with Crippen LogP contribution in [0, 0.1) is 11.8 Å². The van der Waals surface area contributed by atoms with Crippen molar-refractivity contribution in [1.82, 2.24) is 10.2 Å². The van der Waals surface area contributed by atoms with Gasteiger partial charge in [0.2, 0.25) is 0 Å². The summed E-state index contributed by atoms with van der Waals surface area (Å²) in [4.78, 5) is 2.72. The maximum Gasteiger partial charge on any atom is 0.00129 e. The minimum atomic E-state index is 1.07. The minimum Gasteiger partial charge on any atom is -0.320 e. The molecule has 1 aliphatic heterocycles. The first-order chi connectivity index (χ1) is 7.40. The lowest BCUT2D eigenvalue weighted by molar-refractivity contribution is 0.303. The molecule has 1 saturated carbocycles. The summed E-state index contributed by atoms with van der Waals surface area (Å²) in [5.41, 5.74) is 0. The number of nitrogens with one attached hydrogen (secondary N) is 1. The quantitative estimate of drug-likeness (QED) is 0.676. The minimum absolute atomic E-state index is 1.07. The van der Waals surface area contributed by atoms with Crippen molar-refractivity contribution >= 4 is 0 Å². The Morgan fingerprint density at radius 1 is 1.07 bits per heavy atom. The Balaban J connectivity index is 1.53. The normalized spacial score (nSPS) is 31.0. The molecule has 1 saturated heterocycles. The van der Waals surface area contributed by atoms with Crippen molar-refractivity contribution in [2.24, 2.45) is 11.8 Å². The van der Waals surface area contributed by atoms with E-state index in [0.717, 1.165) is 11.8 Å². The van der Waals surface area contributed by atoms with Crippen molar-refractivity contribution < 1.29 is 0 Å². The van der Waals surface area contributed by atoms with Crippen LogP contribution in [0.3, 0.4) is 0 Å². The third-order valence-electron chi connectivity index (χ3n) is 4.20. The maximum atomic E-state index is 3.21. The molecule has 0 aromatic heterocycles. The second-order valence-electron chi connectivity index (χ2n) is 5.37. The van der Waals surface area contributed by atoms with Crippen LogP contribution < -0.4 is 5.32 Å². The molecule has 0 bridgehead atoms. The highest BCUT2D eigenvalue weighted by molar-refractivity contribution is 4.88. The summed E-state index contributed by atoms with van der Waals surface area (Å²) in [6.45, 7) is 5.37. The van der Waals surface area contributed by atoms with Gasteiger partial charge in [-0.1, -0.05) is 12.8 Å². The molecular formula is C13H26N2. The molecular weight excluding hydrogens is 184 g/mol. The summed E-state index contributed by atoms with van der Waals surface area (Å²) >= 11 is 0. The predicted molar refractivity (Wildman–Crippen MR) is 65.0 cm³/mol. The van der Waals surface area contributed by atoms with E-state index >= 15 is 0 Å². The Kier molecular flexibility index (Phi) is 4.45. The molecule has 2 nitrogen and oxygen atoms in total. The van der Waals surface area contributed by atoms with Crippen LogP contribution in [0.2, 0.25) is 0 Å². The fourth-order valence-corrected chi connectivity index (χ4v) is 3.33. The highest BCUT2D eigenvalue weighted by Crippen LogP contribution is 2.37. The van der Waals surface area contributed by atoms with Gasteiger partial charge < -0.3 is 10.2 Å². The van der Waals surface area contributed by atoms with Gasteiger partial charge in [-0.25, -0.2) is 0 Å². The topological polar surface area (TPSA) is 15.3 Å². The van der Waals surface area contributed by atoms with Crippen LogP contribution in [0.25, 0.3) is 0 Å². The van der Waals surface area contributed by atoms with Gasteiger partial charge in [-0.15, -0.1) is 0 Å². The molecule has 0 aromatic carbocycles. The summed E-state index contributed by atoms with van der Waals surface area (Å²) < 4.78 is 0. The fraction of sp³-hybridized carbons (Fsp3) is 1.00. The molecule has 2 rings (SSSR count). The Morgan fingerprint density at radius 3 is 2.47 bits per heavy atom. The van der Waals surface area contributed by atoms with Crippen LogP contribution in [-0.2, 0) is 0 Å². The number of hydrogen-bond donors (Lipinski definition) is 1. The third kappa shape index (κ3) is 3.18. The van der Waals surface area contributed by atoms with Gasteiger partial charge >= 0.3 is 0 Å². The standard InChI is InChI=1S/C13H26N2/c1-14-8-3-2-4-9-15-10-12-6-5-7-13(12)11-15/h12-14H,2-11H2,1H3. The van der Waals surface area contributed by atoms with E-state index < -0.39 is 0 Å². The van der Waals surface area contributed by atoms with Gasteiger partial charge in [-0.2, -0.15) is 0 Å². The van der Waals surface area contributed by atoms with E-state index in [1.165, 1.54) is 64.7 Å². The monoisotopic (exact) mass is 210 g/mol. The van der Waals surface area contributed by atoms with Crippen LogP contribution in [-0.4, -0.2) is 38.1 Å². The number of hydrogen-bond acceptors (Lipinski definition) is 2. The maximum absolute atomic E-state index is 3.21. The lowest BCUT2D eigenvalue weighted by Crippen LogP contribution is -2.23. The average molecular weight is 210 g/mol. The number of likely N-dealkylation sites (tertiary alicyclic amines) is 1. The van der Waals surface area contributed by atoms with Crippen molar-refractivity contribution in [3.63, 3.8) is 0 Å². The predicted octanol–water partition coefficient (Wildman–Crippen LogP) is 2.11. The number of nitrogens with zero attached hydrogens (tertiary/aromatic N) is 1. The van der Waals surface area contributed by atoms with Gasteiger partial charge in [0.15, 0.2) is 0 Å². The van der Waals surface area contributed by atoms with Crippen LogP contribution >= 0.6 is 0 Å². The van der Waals surface area contributed by atoms with E-state index in [0.29, 0.717) is 0 Å². The second-order valence-corrected chi connectivity index (χ2v) is 5.37. The molecule has 0 spiro atoms. The van der Waals surface area contributed by atoms with Gasteiger partial charge in [0.25, 0.3) is 0 Å². The lowest BCUT2D eigenvalue weighted by atomic mass is 10.0. The summed E-state index contributed by atoms with van der Waals surface area (Å²) in [7, 11) is 2.04. The first kappa shape index (κ1) is 11.4. The van der Waals surface area contributed by atoms with Gasteiger partial charge in [0, 0.05) is 13.1 Å². The van der Waals surface area contributed by atoms with Crippen LogP contribution in [0.15, 0.2) is 0 Å². The molecule has 1 aliphatic carbocycles. The summed E-state index contributed by atoms with van der Waals surface area (Å²) in [5, 5.41) is 3.21. The van der Waals surface area contributed by atoms with Crippen molar-refractivity contribution in [1.29, 1.82) is 0 Å². The van der Waals surface area contributed by atoms with Gasteiger partial charge in [-0.05, 0) is 57.7 Å². The molecule has 2 unspecified atom stereocenters. The molecule has 2 aliphatic rings. The number of unbranched alkanes of at least 4 members (excludes halogenated alkanes) is 2. The van der Waals surface area contributed by atoms with E-state index in [-0.39, 0.29) is 0 Å². The fourth-order valence-electron chi connectivity index (χ4n) is 3.33.